The zero-order valence-electron chi connectivity index (χ0n) is 22.3. The highest BCUT2D eigenvalue weighted by atomic mass is 32.2. The summed E-state index contributed by atoms with van der Waals surface area (Å²) in [6.07, 6.45) is -3.77. The van der Waals surface area contributed by atoms with Crippen LogP contribution in [0, 0.1) is 11.6 Å². The van der Waals surface area contributed by atoms with Gasteiger partial charge in [0, 0.05) is 30.8 Å². The smallest absolute Gasteiger partial charge is 0.394 e. The third-order valence-corrected chi connectivity index (χ3v) is 7.23. The number of halogens is 4. The maximum atomic E-state index is 15.3. The summed E-state index contributed by atoms with van der Waals surface area (Å²) >= 11 is -1.75. The molecule has 0 unspecified atom stereocenters. The summed E-state index contributed by atoms with van der Waals surface area (Å²) in [5, 5.41) is 0. The average molecular weight is 552 g/mol. The number of nitrogens with one attached hydrogen (secondary N) is 1. The third kappa shape index (κ3) is 7.65. The monoisotopic (exact) mass is 551 g/mol. The second-order valence-corrected chi connectivity index (χ2v) is 12.4. The van der Waals surface area contributed by atoms with Crippen molar-refractivity contribution in [3.63, 3.8) is 0 Å². The fraction of sp³-hybridized carbons (Fsp3) is 0.379. The van der Waals surface area contributed by atoms with Gasteiger partial charge in [-0.1, -0.05) is 36.4 Å². The first kappa shape index (κ1) is 29.8. The van der Waals surface area contributed by atoms with Crippen molar-refractivity contribution in [3.05, 3.63) is 95.1 Å². The molecule has 0 heterocycles. The van der Waals surface area contributed by atoms with Crippen molar-refractivity contribution in [2.24, 2.45) is 0 Å². The van der Waals surface area contributed by atoms with Crippen LogP contribution in [0.4, 0.5) is 17.6 Å². The maximum absolute atomic E-state index is 15.3. The molecule has 0 spiro atoms. The van der Waals surface area contributed by atoms with E-state index >= 15 is 4.39 Å². The molecule has 0 saturated carbocycles. The van der Waals surface area contributed by atoms with Gasteiger partial charge in [-0.15, -0.1) is 4.72 Å². The molecule has 3 aromatic carbocycles. The SMILES string of the molecule is CC(C)Oc1ccc([C@@](Cc2ccccc2)(N[S@+]([O-])C(C)(C)C)c2cc(F)cc(OC(C)(F)F)c2)cc1F. The molecule has 3 aromatic rings. The standard InChI is InChI=1S/C29H33F4NO3S/c1-19(2)36-26-13-12-21(16-25(26)31)29(34-38(35)27(3,4)5,18-20-10-8-7-9-11-20)22-14-23(30)17-24(15-22)37-28(6,32)33/h7-17,19,34H,18H2,1-6H3/t29-,38-/m1/s1. The number of alkyl halides is 2. The summed E-state index contributed by atoms with van der Waals surface area (Å²) in [4.78, 5) is 0. The minimum absolute atomic E-state index is 0.0168. The van der Waals surface area contributed by atoms with E-state index in [1.165, 1.54) is 18.2 Å². The van der Waals surface area contributed by atoms with E-state index in [4.69, 9.17) is 9.47 Å². The Kier molecular flexibility index (Phi) is 9.06. The van der Waals surface area contributed by atoms with E-state index in [1.54, 1.807) is 52.8 Å². The van der Waals surface area contributed by atoms with Gasteiger partial charge in [-0.3, -0.25) is 0 Å². The van der Waals surface area contributed by atoms with E-state index in [1.807, 2.05) is 18.2 Å². The lowest BCUT2D eigenvalue weighted by molar-refractivity contribution is -0.159. The highest BCUT2D eigenvalue weighted by Crippen LogP contribution is 2.40. The van der Waals surface area contributed by atoms with Crippen LogP contribution in [0.15, 0.2) is 66.7 Å². The number of ether oxygens (including phenoxy) is 2. The first-order valence-electron chi connectivity index (χ1n) is 12.2. The maximum Gasteiger partial charge on any atom is 0.394 e. The lowest BCUT2D eigenvalue weighted by atomic mass is 9.78. The Labute approximate surface area is 224 Å². The molecule has 0 saturated heterocycles. The van der Waals surface area contributed by atoms with Gasteiger partial charge in [-0.05, 0) is 75.6 Å². The van der Waals surface area contributed by atoms with Crippen LogP contribution < -0.4 is 14.2 Å². The van der Waals surface area contributed by atoms with Gasteiger partial charge in [0.25, 0.3) is 0 Å². The fourth-order valence-corrected chi connectivity index (χ4v) is 4.86. The van der Waals surface area contributed by atoms with Gasteiger partial charge < -0.3 is 14.0 Å². The van der Waals surface area contributed by atoms with E-state index < -0.39 is 45.1 Å². The zero-order valence-corrected chi connectivity index (χ0v) is 23.1. The van der Waals surface area contributed by atoms with Crippen LogP contribution in [-0.4, -0.2) is 21.5 Å². The van der Waals surface area contributed by atoms with Crippen LogP contribution in [0.5, 0.6) is 11.5 Å². The highest BCUT2D eigenvalue weighted by molar-refractivity contribution is 7.90. The van der Waals surface area contributed by atoms with Gasteiger partial charge in [0.1, 0.15) is 21.9 Å². The molecule has 2 atom stereocenters. The zero-order chi connectivity index (χ0) is 28.3. The van der Waals surface area contributed by atoms with Crippen molar-refractivity contribution >= 4 is 11.4 Å². The predicted molar refractivity (Wildman–Crippen MR) is 142 cm³/mol. The second-order valence-electron chi connectivity index (χ2n) is 10.4. The number of rotatable bonds is 10. The molecule has 9 heteroatoms. The molecule has 0 fully saturated rings. The Morgan fingerprint density at radius 3 is 2.11 bits per heavy atom. The molecule has 0 bridgehead atoms. The van der Waals surface area contributed by atoms with E-state index in [2.05, 4.69) is 4.72 Å². The summed E-state index contributed by atoms with van der Waals surface area (Å²) < 4.78 is 83.8. The van der Waals surface area contributed by atoms with Gasteiger partial charge in [0.2, 0.25) is 0 Å². The number of hydrogen-bond acceptors (Lipinski definition) is 4. The molecule has 0 aliphatic carbocycles. The summed E-state index contributed by atoms with van der Waals surface area (Å²) in [7, 11) is 0. The minimum Gasteiger partial charge on any atom is -0.598 e. The molecule has 0 aliphatic rings. The van der Waals surface area contributed by atoms with Gasteiger partial charge in [0.05, 0.1) is 6.10 Å². The van der Waals surface area contributed by atoms with Crippen LogP contribution in [0.2, 0.25) is 0 Å². The summed E-state index contributed by atoms with van der Waals surface area (Å²) in [5.41, 5.74) is -0.330. The first-order valence-corrected chi connectivity index (χ1v) is 13.3. The lowest BCUT2D eigenvalue weighted by Gasteiger charge is -2.39. The summed E-state index contributed by atoms with van der Waals surface area (Å²) in [6, 6.07) is 16.6. The lowest BCUT2D eigenvalue weighted by Crippen LogP contribution is -2.53. The third-order valence-electron chi connectivity index (χ3n) is 5.58. The van der Waals surface area contributed by atoms with Crippen molar-refractivity contribution in [2.45, 2.75) is 70.5 Å². The van der Waals surface area contributed by atoms with Crippen molar-refractivity contribution in [3.8, 4) is 11.5 Å². The van der Waals surface area contributed by atoms with Crippen LogP contribution in [0.25, 0.3) is 0 Å². The van der Waals surface area contributed by atoms with Crippen LogP contribution in [-0.2, 0) is 23.3 Å². The molecule has 0 aromatic heterocycles. The minimum atomic E-state index is -3.57. The molecule has 206 valence electrons. The number of hydrogen-bond donors (Lipinski definition) is 1. The molecule has 0 radical (unpaired) electrons. The van der Waals surface area contributed by atoms with E-state index in [9.17, 15) is 17.7 Å². The molecular weight excluding hydrogens is 518 g/mol. The van der Waals surface area contributed by atoms with E-state index in [0.717, 1.165) is 17.7 Å². The van der Waals surface area contributed by atoms with Crippen molar-refractivity contribution < 1.29 is 31.6 Å². The Bertz CT molecular complexity index is 1230. The van der Waals surface area contributed by atoms with Crippen LogP contribution in [0.3, 0.4) is 0 Å². The van der Waals surface area contributed by atoms with Gasteiger partial charge >= 0.3 is 6.11 Å². The Balaban J connectivity index is 2.32. The molecule has 3 rings (SSSR count). The molecule has 0 amide bonds. The largest absolute Gasteiger partial charge is 0.598 e. The van der Waals surface area contributed by atoms with Crippen molar-refractivity contribution in [1.82, 2.24) is 4.72 Å². The van der Waals surface area contributed by atoms with Gasteiger partial charge in [0.15, 0.2) is 11.6 Å². The molecule has 38 heavy (non-hydrogen) atoms. The Morgan fingerprint density at radius 2 is 1.55 bits per heavy atom. The van der Waals surface area contributed by atoms with Crippen molar-refractivity contribution in [1.29, 1.82) is 0 Å². The topological polar surface area (TPSA) is 53.5 Å². The van der Waals surface area contributed by atoms with Crippen molar-refractivity contribution in [2.75, 3.05) is 0 Å². The normalized spacial score (nSPS) is 14.7. The van der Waals surface area contributed by atoms with E-state index in [-0.39, 0.29) is 23.8 Å². The first-order chi connectivity index (χ1) is 17.6. The molecule has 0 aliphatic heterocycles. The van der Waals surface area contributed by atoms with Gasteiger partial charge in [-0.25, -0.2) is 8.78 Å². The fourth-order valence-electron chi connectivity index (χ4n) is 3.93. The van der Waals surface area contributed by atoms with Crippen LogP contribution >= 0.6 is 0 Å². The number of benzene rings is 3. The van der Waals surface area contributed by atoms with Gasteiger partial charge in [-0.2, -0.15) is 8.78 Å². The molecule has 4 nitrogen and oxygen atoms in total. The highest BCUT2D eigenvalue weighted by Gasteiger charge is 2.43. The Hall–Kier alpha value is -2.75. The Morgan fingerprint density at radius 1 is 0.895 bits per heavy atom. The molecule has 1 N–H and O–H groups in total. The summed E-state index contributed by atoms with van der Waals surface area (Å²) in [6.45, 7) is 9.33. The molecular formula is C29H33F4NO3S. The predicted octanol–water partition coefficient (Wildman–Crippen LogP) is 7.28. The summed E-state index contributed by atoms with van der Waals surface area (Å²) in [5.74, 6) is -1.93. The van der Waals surface area contributed by atoms with Crippen LogP contribution in [0.1, 0.15) is 58.2 Å². The quantitative estimate of drug-likeness (QED) is 0.213. The average Bonchev–Trinajstić information content (AvgIpc) is 2.78. The van der Waals surface area contributed by atoms with E-state index in [0.29, 0.717) is 12.5 Å². The second kappa shape index (κ2) is 11.6.